The number of carbonyl (C=O) groups is 1. The lowest BCUT2D eigenvalue weighted by atomic mass is 10.1. The first-order valence-corrected chi connectivity index (χ1v) is 10.4. The molecule has 4 aromatic rings. The standard InChI is InChI=1S/C23H22ClN5O2/c24-19-9-6-18(7-10-19)15-28-16-26-22-20(23(28)31)14-27-29(22)13-12-25-21(30)11-8-17-4-2-1-3-5-17/h1-7,9-10,14,16H,8,11-13,15H2,(H,25,30). The summed E-state index contributed by atoms with van der Waals surface area (Å²) in [7, 11) is 0. The van der Waals surface area contributed by atoms with E-state index in [-0.39, 0.29) is 11.5 Å². The van der Waals surface area contributed by atoms with Crippen LogP contribution in [0.25, 0.3) is 11.0 Å². The molecule has 0 radical (unpaired) electrons. The molecule has 0 fully saturated rings. The normalized spacial score (nSPS) is 11.0. The van der Waals surface area contributed by atoms with E-state index < -0.39 is 0 Å². The van der Waals surface area contributed by atoms with E-state index in [0.29, 0.717) is 48.5 Å². The second kappa shape index (κ2) is 9.57. The first-order valence-electron chi connectivity index (χ1n) is 10.1. The molecule has 1 amide bonds. The van der Waals surface area contributed by atoms with Crippen molar-refractivity contribution in [2.75, 3.05) is 6.54 Å². The Bertz CT molecular complexity index is 1230. The summed E-state index contributed by atoms with van der Waals surface area (Å²) in [6.45, 7) is 1.26. The number of fused-ring (bicyclic) bond motifs is 1. The Kier molecular flexibility index (Phi) is 6.43. The summed E-state index contributed by atoms with van der Waals surface area (Å²) in [5, 5.41) is 8.28. The molecule has 2 aromatic heterocycles. The molecule has 0 saturated carbocycles. The Morgan fingerprint density at radius 3 is 2.58 bits per heavy atom. The molecular weight excluding hydrogens is 414 g/mol. The molecule has 2 aromatic carbocycles. The summed E-state index contributed by atoms with van der Waals surface area (Å²) in [6.07, 6.45) is 4.18. The number of nitrogens with one attached hydrogen (secondary N) is 1. The molecule has 0 aliphatic carbocycles. The smallest absolute Gasteiger partial charge is 0.264 e. The number of hydrogen-bond acceptors (Lipinski definition) is 4. The third-order valence-electron chi connectivity index (χ3n) is 5.02. The Morgan fingerprint density at radius 1 is 1.03 bits per heavy atom. The van der Waals surface area contributed by atoms with Crippen LogP contribution in [0.3, 0.4) is 0 Å². The van der Waals surface area contributed by atoms with Gasteiger partial charge in [0.15, 0.2) is 5.65 Å². The van der Waals surface area contributed by atoms with Crippen LogP contribution in [0.2, 0.25) is 5.02 Å². The fourth-order valence-corrected chi connectivity index (χ4v) is 3.48. The van der Waals surface area contributed by atoms with E-state index in [1.165, 1.54) is 12.5 Å². The number of rotatable bonds is 8. The summed E-state index contributed by atoms with van der Waals surface area (Å²) >= 11 is 5.92. The van der Waals surface area contributed by atoms with Crippen molar-refractivity contribution in [2.24, 2.45) is 0 Å². The number of aryl methyl sites for hydroxylation is 1. The second-order valence-corrected chi connectivity index (χ2v) is 7.68. The van der Waals surface area contributed by atoms with Gasteiger partial charge in [-0.05, 0) is 29.7 Å². The molecular formula is C23H22ClN5O2. The highest BCUT2D eigenvalue weighted by atomic mass is 35.5. The molecule has 8 heteroatoms. The van der Waals surface area contributed by atoms with E-state index in [4.69, 9.17) is 11.6 Å². The van der Waals surface area contributed by atoms with Crippen molar-refractivity contribution in [3.05, 3.63) is 93.6 Å². The monoisotopic (exact) mass is 435 g/mol. The maximum Gasteiger partial charge on any atom is 0.264 e. The number of amides is 1. The summed E-state index contributed by atoms with van der Waals surface area (Å²) in [5.74, 6) is -0.0152. The molecule has 7 nitrogen and oxygen atoms in total. The van der Waals surface area contributed by atoms with Crippen LogP contribution in [0.4, 0.5) is 0 Å². The quantitative estimate of drug-likeness (QED) is 0.461. The number of nitrogens with zero attached hydrogens (tertiary/aromatic N) is 4. The predicted octanol–water partition coefficient (Wildman–Crippen LogP) is 3.04. The minimum Gasteiger partial charge on any atom is -0.354 e. The highest BCUT2D eigenvalue weighted by molar-refractivity contribution is 6.30. The maximum absolute atomic E-state index is 12.8. The van der Waals surface area contributed by atoms with Crippen molar-refractivity contribution in [2.45, 2.75) is 25.9 Å². The molecule has 0 saturated heterocycles. The third-order valence-corrected chi connectivity index (χ3v) is 5.27. The molecule has 0 aliphatic rings. The predicted molar refractivity (Wildman–Crippen MR) is 120 cm³/mol. The number of aromatic nitrogens is 4. The summed E-state index contributed by atoms with van der Waals surface area (Å²) in [6, 6.07) is 17.2. The molecule has 0 bridgehead atoms. The summed E-state index contributed by atoms with van der Waals surface area (Å²) < 4.78 is 3.18. The largest absolute Gasteiger partial charge is 0.354 e. The zero-order chi connectivity index (χ0) is 21.6. The van der Waals surface area contributed by atoms with Crippen LogP contribution in [0.1, 0.15) is 17.5 Å². The van der Waals surface area contributed by atoms with Gasteiger partial charge in [-0.1, -0.05) is 54.1 Å². The molecule has 1 N–H and O–H groups in total. The SMILES string of the molecule is O=C(CCc1ccccc1)NCCn1ncc2c(=O)n(Cc3ccc(Cl)cc3)cnc21. The van der Waals surface area contributed by atoms with Gasteiger partial charge in [0.1, 0.15) is 11.7 Å². The average Bonchev–Trinajstić information content (AvgIpc) is 3.20. The Balaban J connectivity index is 1.35. The number of hydrogen-bond donors (Lipinski definition) is 1. The van der Waals surface area contributed by atoms with E-state index in [9.17, 15) is 9.59 Å². The zero-order valence-corrected chi connectivity index (χ0v) is 17.6. The number of halogens is 1. The fourth-order valence-electron chi connectivity index (χ4n) is 3.35. The molecule has 0 atom stereocenters. The number of benzene rings is 2. The molecule has 158 valence electrons. The lowest BCUT2D eigenvalue weighted by Gasteiger charge is -2.08. The van der Waals surface area contributed by atoms with Crippen molar-refractivity contribution >= 4 is 28.5 Å². The van der Waals surface area contributed by atoms with E-state index in [0.717, 1.165) is 11.1 Å². The van der Waals surface area contributed by atoms with Crippen LogP contribution in [0, 0.1) is 0 Å². The third kappa shape index (κ3) is 5.19. The minimum absolute atomic E-state index is 0.0152. The van der Waals surface area contributed by atoms with Crippen molar-refractivity contribution in [3.8, 4) is 0 Å². The lowest BCUT2D eigenvalue weighted by Crippen LogP contribution is -2.28. The van der Waals surface area contributed by atoms with Crippen LogP contribution in [0.15, 0.2) is 71.9 Å². The van der Waals surface area contributed by atoms with Gasteiger partial charge in [-0.3, -0.25) is 14.2 Å². The van der Waals surface area contributed by atoms with Crippen molar-refractivity contribution < 1.29 is 4.79 Å². The first-order chi connectivity index (χ1) is 15.1. The molecule has 31 heavy (non-hydrogen) atoms. The lowest BCUT2D eigenvalue weighted by molar-refractivity contribution is -0.121. The molecule has 0 unspecified atom stereocenters. The topological polar surface area (TPSA) is 81.8 Å². The van der Waals surface area contributed by atoms with Gasteiger partial charge in [-0.25, -0.2) is 9.67 Å². The van der Waals surface area contributed by atoms with Crippen LogP contribution < -0.4 is 10.9 Å². The Labute approximate surface area is 184 Å². The Hall–Kier alpha value is -3.45. The zero-order valence-electron chi connectivity index (χ0n) is 16.9. The second-order valence-electron chi connectivity index (χ2n) is 7.24. The van der Waals surface area contributed by atoms with E-state index in [1.807, 2.05) is 42.5 Å². The average molecular weight is 436 g/mol. The van der Waals surface area contributed by atoms with Gasteiger partial charge in [-0.15, -0.1) is 0 Å². The van der Waals surface area contributed by atoms with E-state index >= 15 is 0 Å². The van der Waals surface area contributed by atoms with Crippen LogP contribution in [0.5, 0.6) is 0 Å². The van der Waals surface area contributed by atoms with Gasteiger partial charge in [0.2, 0.25) is 5.91 Å². The van der Waals surface area contributed by atoms with Gasteiger partial charge in [0.05, 0.1) is 19.3 Å². The van der Waals surface area contributed by atoms with E-state index in [2.05, 4.69) is 15.4 Å². The highest BCUT2D eigenvalue weighted by Gasteiger charge is 2.11. The van der Waals surface area contributed by atoms with Gasteiger partial charge in [0.25, 0.3) is 5.56 Å². The summed E-state index contributed by atoms with van der Waals surface area (Å²) in [5.41, 5.74) is 2.45. The molecule has 2 heterocycles. The van der Waals surface area contributed by atoms with Crippen molar-refractivity contribution in [1.82, 2.24) is 24.6 Å². The van der Waals surface area contributed by atoms with Crippen LogP contribution in [-0.4, -0.2) is 31.8 Å². The van der Waals surface area contributed by atoms with Crippen LogP contribution in [-0.2, 0) is 24.3 Å². The first kappa shape index (κ1) is 20.8. The summed E-state index contributed by atoms with van der Waals surface area (Å²) in [4.78, 5) is 29.3. The maximum atomic E-state index is 12.8. The highest BCUT2D eigenvalue weighted by Crippen LogP contribution is 2.11. The molecule has 4 rings (SSSR count). The molecule has 0 aliphatic heterocycles. The molecule has 0 spiro atoms. The van der Waals surface area contributed by atoms with E-state index in [1.54, 1.807) is 21.4 Å². The van der Waals surface area contributed by atoms with Crippen LogP contribution >= 0.6 is 11.6 Å². The van der Waals surface area contributed by atoms with Crippen molar-refractivity contribution in [1.29, 1.82) is 0 Å². The minimum atomic E-state index is -0.155. The van der Waals surface area contributed by atoms with Gasteiger partial charge in [-0.2, -0.15) is 5.10 Å². The van der Waals surface area contributed by atoms with Gasteiger partial charge >= 0.3 is 0 Å². The van der Waals surface area contributed by atoms with Crippen molar-refractivity contribution in [3.63, 3.8) is 0 Å². The fraction of sp³-hybridized carbons (Fsp3) is 0.217. The number of carbonyl (C=O) groups excluding carboxylic acids is 1. The van der Waals surface area contributed by atoms with Gasteiger partial charge in [0, 0.05) is 18.0 Å². The van der Waals surface area contributed by atoms with Gasteiger partial charge < -0.3 is 5.32 Å². The Morgan fingerprint density at radius 2 is 1.81 bits per heavy atom.